The molecule has 0 radical (unpaired) electrons. The average Bonchev–Trinajstić information content (AvgIpc) is 2.55. The highest BCUT2D eigenvalue weighted by atomic mass is 16.3. The summed E-state index contributed by atoms with van der Waals surface area (Å²) in [4.78, 5) is 20.3. The predicted molar refractivity (Wildman–Crippen MR) is 94.5 cm³/mol. The number of piperidine rings is 1. The number of β-amino-alcohol motifs (C(OH)–C–C–N with tert-alkyl or cyclic N) is 1. The van der Waals surface area contributed by atoms with Crippen LogP contribution in [0.15, 0.2) is 36.5 Å². The van der Waals surface area contributed by atoms with E-state index in [2.05, 4.69) is 28.1 Å². The zero-order chi connectivity index (χ0) is 17.2. The zero-order valence-corrected chi connectivity index (χ0v) is 14.4. The van der Waals surface area contributed by atoms with Crippen molar-refractivity contribution >= 4 is 16.8 Å². The Hall–Kier alpha value is -1.98. The van der Waals surface area contributed by atoms with Gasteiger partial charge < -0.3 is 10.0 Å². The number of pyridine rings is 1. The Morgan fingerprint density at radius 1 is 1.33 bits per heavy atom. The van der Waals surface area contributed by atoms with E-state index >= 15 is 0 Å². The second-order valence-corrected chi connectivity index (χ2v) is 7.00. The third-order valence-corrected chi connectivity index (χ3v) is 4.72. The number of carbonyl (C=O) groups excluding carboxylic acids is 1. The van der Waals surface area contributed by atoms with E-state index in [1.165, 1.54) is 0 Å². The molecule has 128 valence electrons. The molecule has 0 saturated carbocycles. The van der Waals surface area contributed by atoms with Gasteiger partial charge in [-0.3, -0.25) is 14.7 Å². The van der Waals surface area contributed by atoms with Gasteiger partial charge in [-0.15, -0.1) is 0 Å². The molecule has 1 saturated heterocycles. The van der Waals surface area contributed by atoms with Crippen LogP contribution in [0.5, 0.6) is 0 Å². The molecule has 1 atom stereocenters. The highest BCUT2D eigenvalue weighted by molar-refractivity contribution is 5.81. The van der Waals surface area contributed by atoms with Crippen molar-refractivity contribution in [3.05, 3.63) is 42.1 Å². The molecule has 0 spiro atoms. The van der Waals surface area contributed by atoms with Crippen LogP contribution in [0.2, 0.25) is 0 Å². The van der Waals surface area contributed by atoms with Crippen LogP contribution in [0, 0.1) is 0 Å². The standard InChI is InChI=1S/C19H25N3O2/c1-21(2)17(23)12-19(24)9-5-11-22(14-19)13-16-7-3-6-15-8-4-10-20-18(15)16/h3-4,6-8,10,24H,5,9,11-14H2,1-2H3. The minimum atomic E-state index is -0.933. The quantitative estimate of drug-likeness (QED) is 0.934. The normalized spacial score (nSPS) is 21.8. The smallest absolute Gasteiger partial charge is 0.224 e. The molecule has 1 aliphatic heterocycles. The number of carbonyl (C=O) groups is 1. The number of benzene rings is 1. The van der Waals surface area contributed by atoms with Gasteiger partial charge in [-0.05, 0) is 31.0 Å². The number of hydrogen-bond donors (Lipinski definition) is 1. The van der Waals surface area contributed by atoms with Crippen LogP contribution in [-0.2, 0) is 11.3 Å². The number of likely N-dealkylation sites (tertiary alicyclic amines) is 1. The van der Waals surface area contributed by atoms with Crippen molar-refractivity contribution in [2.45, 2.75) is 31.4 Å². The number of rotatable bonds is 4. The fourth-order valence-electron chi connectivity index (χ4n) is 3.46. The van der Waals surface area contributed by atoms with Gasteiger partial charge in [0.2, 0.25) is 5.91 Å². The fraction of sp³-hybridized carbons (Fsp3) is 0.474. The monoisotopic (exact) mass is 327 g/mol. The van der Waals surface area contributed by atoms with Crippen molar-refractivity contribution in [3.8, 4) is 0 Å². The van der Waals surface area contributed by atoms with Crippen molar-refractivity contribution < 1.29 is 9.90 Å². The molecular formula is C19H25N3O2. The van der Waals surface area contributed by atoms with E-state index in [0.717, 1.165) is 36.0 Å². The molecule has 2 heterocycles. The Kier molecular flexibility index (Phi) is 4.83. The lowest BCUT2D eigenvalue weighted by atomic mass is 9.88. The van der Waals surface area contributed by atoms with Crippen molar-refractivity contribution in [2.24, 2.45) is 0 Å². The molecule has 1 N–H and O–H groups in total. The maximum Gasteiger partial charge on any atom is 0.224 e. The second kappa shape index (κ2) is 6.87. The van der Waals surface area contributed by atoms with Gasteiger partial charge in [0.05, 0.1) is 17.5 Å². The average molecular weight is 327 g/mol. The third-order valence-electron chi connectivity index (χ3n) is 4.72. The molecule has 1 aromatic heterocycles. The first kappa shape index (κ1) is 16.9. The molecule has 0 aliphatic carbocycles. The number of aromatic nitrogens is 1. The van der Waals surface area contributed by atoms with Gasteiger partial charge in [0.25, 0.3) is 0 Å². The molecule has 24 heavy (non-hydrogen) atoms. The summed E-state index contributed by atoms with van der Waals surface area (Å²) < 4.78 is 0. The van der Waals surface area contributed by atoms with Crippen LogP contribution in [0.4, 0.5) is 0 Å². The first-order valence-electron chi connectivity index (χ1n) is 8.44. The predicted octanol–water partition coefficient (Wildman–Crippen LogP) is 2.04. The van der Waals surface area contributed by atoms with Gasteiger partial charge >= 0.3 is 0 Å². The molecule has 1 fully saturated rings. The molecule has 2 aromatic rings. The minimum absolute atomic E-state index is 0.0221. The van der Waals surface area contributed by atoms with E-state index in [1.54, 1.807) is 19.0 Å². The third kappa shape index (κ3) is 3.74. The lowest BCUT2D eigenvalue weighted by molar-refractivity contribution is -0.136. The maximum absolute atomic E-state index is 12.0. The summed E-state index contributed by atoms with van der Waals surface area (Å²) in [6.45, 7) is 2.20. The molecule has 5 nitrogen and oxygen atoms in total. The summed E-state index contributed by atoms with van der Waals surface area (Å²) in [6, 6.07) is 10.2. The molecule has 0 bridgehead atoms. The Bertz CT molecular complexity index is 726. The van der Waals surface area contributed by atoms with E-state index in [-0.39, 0.29) is 12.3 Å². The Labute approximate surface area is 142 Å². The summed E-state index contributed by atoms with van der Waals surface area (Å²) in [5.74, 6) is -0.0221. The van der Waals surface area contributed by atoms with Crippen LogP contribution < -0.4 is 0 Å². The van der Waals surface area contributed by atoms with Gasteiger partial charge in [0.1, 0.15) is 0 Å². The molecule has 3 rings (SSSR count). The lowest BCUT2D eigenvalue weighted by Gasteiger charge is -2.39. The second-order valence-electron chi connectivity index (χ2n) is 7.00. The number of aliphatic hydroxyl groups is 1. The molecule has 1 unspecified atom stereocenters. The van der Waals surface area contributed by atoms with Crippen LogP contribution in [0.25, 0.3) is 10.9 Å². The maximum atomic E-state index is 12.0. The van der Waals surface area contributed by atoms with Gasteiger partial charge in [0.15, 0.2) is 0 Å². The van der Waals surface area contributed by atoms with E-state index in [9.17, 15) is 9.90 Å². The van der Waals surface area contributed by atoms with Crippen LogP contribution in [0.1, 0.15) is 24.8 Å². The van der Waals surface area contributed by atoms with Crippen LogP contribution in [0.3, 0.4) is 0 Å². The summed E-state index contributed by atoms with van der Waals surface area (Å²) in [6.07, 6.45) is 3.57. The highest BCUT2D eigenvalue weighted by Gasteiger charge is 2.35. The van der Waals surface area contributed by atoms with Crippen molar-refractivity contribution in [1.29, 1.82) is 0 Å². The molecule has 1 aromatic carbocycles. The summed E-state index contributed by atoms with van der Waals surface area (Å²) in [5, 5.41) is 12.0. The van der Waals surface area contributed by atoms with E-state index in [0.29, 0.717) is 13.0 Å². The molecule has 1 amide bonds. The SMILES string of the molecule is CN(C)C(=O)CC1(O)CCCN(Cc2cccc3cccnc23)C1. The fourth-order valence-corrected chi connectivity index (χ4v) is 3.46. The first-order valence-corrected chi connectivity index (χ1v) is 8.44. The number of hydrogen-bond acceptors (Lipinski definition) is 4. The summed E-state index contributed by atoms with van der Waals surface area (Å²) >= 11 is 0. The van der Waals surface area contributed by atoms with Crippen molar-refractivity contribution in [2.75, 3.05) is 27.2 Å². The molecular weight excluding hydrogens is 302 g/mol. The topological polar surface area (TPSA) is 56.7 Å². The van der Waals surface area contributed by atoms with Gasteiger partial charge in [0, 0.05) is 38.8 Å². The molecule has 5 heteroatoms. The van der Waals surface area contributed by atoms with Crippen molar-refractivity contribution in [3.63, 3.8) is 0 Å². The van der Waals surface area contributed by atoms with E-state index in [4.69, 9.17) is 0 Å². The molecule has 1 aliphatic rings. The number of nitrogens with zero attached hydrogens (tertiary/aromatic N) is 3. The minimum Gasteiger partial charge on any atom is -0.388 e. The first-order chi connectivity index (χ1) is 11.5. The largest absolute Gasteiger partial charge is 0.388 e. The summed E-state index contributed by atoms with van der Waals surface area (Å²) in [7, 11) is 3.46. The van der Waals surface area contributed by atoms with Gasteiger partial charge in [-0.25, -0.2) is 0 Å². The van der Waals surface area contributed by atoms with Crippen molar-refractivity contribution in [1.82, 2.24) is 14.8 Å². The Morgan fingerprint density at radius 3 is 2.92 bits per heavy atom. The van der Waals surface area contributed by atoms with E-state index in [1.807, 2.05) is 18.3 Å². The number of amides is 1. The lowest BCUT2D eigenvalue weighted by Crippen LogP contribution is -2.50. The van der Waals surface area contributed by atoms with Crippen LogP contribution >= 0.6 is 0 Å². The highest BCUT2D eigenvalue weighted by Crippen LogP contribution is 2.27. The van der Waals surface area contributed by atoms with Gasteiger partial charge in [-0.2, -0.15) is 0 Å². The number of fused-ring (bicyclic) bond motifs is 1. The number of para-hydroxylation sites is 1. The summed E-state index contributed by atoms with van der Waals surface area (Å²) in [5.41, 5.74) is 1.24. The van der Waals surface area contributed by atoms with Gasteiger partial charge in [-0.1, -0.05) is 24.3 Å². The zero-order valence-electron chi connectivity index (χ0n) is 14.4. The Morgan fingerprint density at radius 2 is 2.12 bits per heavy atom. The van der Waals surface area contributed by atoms with E-state index < -0.39 is 5.60 Å². The Balaban J connectivity index is 1.74. The van der Waals surface area contributed by atoms with Crippen LogP contribution in [-0.4, -0.2) is 58.6 Å².